The Balaban J connectivity index is 1.37. The number of benzene rings is 1. The van der Waals surface area contributed by atoms with Crippen LogP contribution in [0.25, 0.3) is 10.1 Å². The maximum atomic E-state index is 12.9. The Hall–Kier alpha value is -1.92. The van der Waals surface area contributed by atoms with Crippen LogP contribution in [0.1, 0.15) is 28.1 Å². The third-order valence-electron chi connectivity index (χ3n) is 5.01. The summed E-state index contributed by atoms with van der Waals surface area (Å²) in [5, 5.41) is 4.20. The van der Waals surface area contributed by atoms with Crippen LogP contribution in [0.15, 0.2) is 24.3 Å². The molecule has 6 heteroatoms. The summed E-state index contributed by atoms with van der Waals surface area (Å²) in [5.74, 6) is 0.239. The lowest BCUT2D eigenvalue weighted by Gasteiger charge is -2.34. The van der Waals surface area contributed by atoms with Crippen molar-refractivity contribution in [2.45, 2.75) is 25.8 Å². The van der Waals surface area contributed by atoms with Gasteiger partial charge < -0.3 is 10.2 Å². The summed E-state index contributed by atoms with van der Waals surface area (Å²) in [6, 6.07) is 8.58. The maximum absolute atomic E-state index is 12.9. The van der Waals surface area contributed by atoms with Gasteiger partial charge in [-0.1, -0.05) is 18.2 Å². The van der Waals surface area contributed by atoms with Crippen LogP contribution in [0.5, 0.6) is 0 Å². The minimum atomic E-state index is 0.114. The zero-order valence-electron chi connectivity index (χ0n) is 14.5. The first-order chi connectivity index (χ1) is 12.1. The second kappa shape index (κ2) is 6.77. The molecule has 2 fully saturated rings. The number of hydrogen-bond donors (Lipinski definition) is 1. The third kappa shape index (κ3) is 3.55. The van der Waals surface area contributed by atoms with Crippen LogP contribution in [0.3, 0.4) is 0 Å². The van der Waals surface area contributed by atoms with Crippen LogP contribution >= 0.6 is 11.3 Å². The van der Waals surface area contributed by atoms with Crippen molar-refractivity contribution in [2.75, 3.05) is 32.7 Å². The molecule has 1 aromatic heterocycles. The Labute approximate surface area is 151 Å². The third-order valence-corrected chi connectivity index (χ3v) is 6.27. The second-order valence-electron chi connectivity index (χ2n) is 6.96. The van der Waals surface area contributed by atoms with E-state index in [4.69, 9.17) is 0 Å². The van der Waals surface area contributed by atoms with Gasteiger partial charge in [0.05, 0.1) is 11.4 Å². The molecule has 1 aliphatic carbocycles. The van der Waals surface area contributed by atoms with Crippen LogP contribution in [0.2, 0.25) is 0 Å². The predicted molar refractivity (Wildman–Crippen MR) is 100 cm³/mol. The van der Waals surface area contributed by atoms with Crippen LogP contribution in [-0.2, 0) is 4.79 Å². The SMILES string of the molecule is Cc1c(C(=O)N2CCN(CC(=O)NC3CC3)CC2)sc2ccccc12. The highest BCUT2D eigenvalue weighted by molar-refractivity contribution is 7.21. The number of thiophene rings is 1. The second-order valence-corrected chi connectivity index (χ2v) is 8.01. The number of nitrogens with zero attached hydrogens (tertiary/aromatic N) is 2. The molecule has 0 unspecified atom stereocenters. The highest BCUT2D eigenvalue weighted by Crippen LogP contribution is 2.31. The molecule has 2 aliphatic rings. The average Bonchev–Trinajstić information content (AvgIpc) is 3.37. The molecule has 0 atom stereocenters. The molecule has 1 saturated heterocycles. The van der Waals surface area contributed by atoms with E-state index in [1.54, 1.807) is 11.3 Å². The van der Waals surface area contributed by atoms with Gasteiger partial charge in [0.25, 0.3) is 5.91 Å². The quantitative estimate of drug-likeness (QED) is 0.913. The van der Waals surface area contributed by atoms with Crippen molar-refractivity contribution in [1.82, 2.24) is 15.1 Å². The van der Waals surface area contributed by atoms with Crippen molar-refractivity contribution in [3.63, 3.8) is 0 Å². The topological polar surface area (TPSA) is 52.7 Å². The minimum absolute atomic E-state index is 0.114. The number of hydrogen-bond acceptors (Lipinski definition) is 4. The normalized spacial score (nSPS) is 18.5. The molecule has 4 rings (SSSR count). The molecule has 25 heavy (non-hydrogen) atoms. The van der Waals surface area contributed by atoms with Gasteiger partial charge in [-0.3, -0.25) is 14.5 Å². The van der Waals surface area contributed by atoms with Gasteiger partial charge >= 0.3 is 0 Å². The van der Waals surface area contributed by atoms with Crippen molar-refractivity contribution in [2.24, 2.45) is 0 Å². The number of piperazine rings is 1. The first-order valence-corrected chi connectivity index (χ1v) is 9.72. The monoisotopic (exact) mass is 357 g/mol. The number of aryl methyl sites for hydroxylation is 1. The van der Waals surface area contributed by atoms with E-state index in [0.29, 0.717) is 25.7 Å². The highest BCUT2D eigenvalue weighted by Gasteiger charge is 2.27. The molecule has 0 radical (unpaired) electrons. The lowest BCUT2D eigenvalue weighted by Crippen LogP contribution is -2.51. The number of amides is 2. The van der Waals surface area contributed by atoms with E-state index in [9.17, 15) is 9.59 Å². The lowest BCUT2D eigenvalue weighted by molar-refractivity contribution is -0.122. The van der Waals surface area contributed by atoms with Gasteiger partial charge in [-0.15, -0.1) is 11.3 Å². The molecule has 1 saturated carbocycles. The summed E-state index contributed by atoms with van der Waals surface area (Å²) < 4.78 is 1.17. The number of carbonyl (C=O) groups excluding carboxylic acids is 2. The molecule has 2 amide bonds. The van der Waals surface area contributed by atoms with E-state index >= 15 is 0 Å². The summed E-state index contributed by atoms with van der Waals surface area (Å²) in [4.78, 5) is 29.7. The fourth-order valence-corrected chi connectivity index (χ4v) is 4.51. The standard InChI is InChI=1S/C19H23N3O2S/c1-13-15-4-2-3-5-16(15)25-18(13)19(24)22-10-8-21(9-11-22)12-17(23)20-14-6-7-14/h2-5,14H,6-12H2,1H3,(H,20,23). The molecular formula is C19H23N3O2S. The highest BCUT2D eigenvalue weighted by atomic mass is 32.1. The first-order valence-electron chi connectivity index (χ1n) is 8.91. The molecule has 0 spiro atoms. The zero-order valence-corrected chi connectivity index (χ0v) is 15.3. The van der Waals surface area contributed by atoms with Crippen molar-refractivity contribution >= 4 is 33.2 Å². The van der Waals surface area contributed by atoms with Gasteiger partial charge in [0.2, 0.25) is 5.91 Å². The molecule has 1 aliphatic heterocycles. The smallest absolute Gasteiger partial charge is 0.264 e. The van der Waals surface area contributed by atoms with Crippen LogP contribution in [0.4, 0.5) is 0 Å². The van der Waals surface area contributed by atoms with E-state index in [0.717, 1.165) is 36.4 Å². The van der Waals surface area contributed by atoms with Crippen molar-refractivity contribution < 1.29 is 9.59 Å². The Kier molecular flexibility index (Phi) is 4.48. The number of carbonyl (C=O) groups is 2. The summed E-state index contributed by atoms with van der Waals surface area (Å²) >= 11 is 1.58. The van der Waals surface area contributed by atoms with Gasteiger partial charge in [0, 0.05) is 36.9 Å². The molecule has 0 bridgehead atoms. The van der Waals surface area contributed by atoms with Crippen molar-refractivity contribution in [3.8, 4) is 0 Å². The molecule has 1 N–H and O–H groups in total. The van der Waals surface area contributed by atoms with Gasteiger partial charge in [0.1, 0.15) is 0 Å². The van der Waals surface area contributed by atoms with Gasteiger partial charge in [-0.2, -0.15) is 0 Å². The molecule has 1 aromatic carbocycles. The molecule has 2 heterocycles. The Morgan fingerprint density at radius 3 is 2.56 bits per heavy atom. The van der Waals surface area contributed by atoms with Crippen LogP contribution in [-0.4, -0.2) is 60.4 Å². The molecule has 2 aromatic rings. The fourth-order valence-electron chi connectivity index (χ4n) is 3.34. The van der Waals surface area contributed by atoms with E-state index in [-0.39, 0.29) is 11.8 Å². The predicted octanol–water partition coefficient (Wildman–Crippen LogP) is 2.25. The molecular weight excluding hydrogens is 334 g/mol. The van der Waals surface area contributed by atoms with E-state index < -0.39 is 0 Å². The van der Waals surface area contributed by atoms with Crippen molar-refractivity contribution in [3.05, 3.63) is 34.7 Å². The summed E-state index contributed by atoms with van der Waals surface area (Å²) in [6.45, 7) is 5.36. The lowest BCUT2D eigenvalue weighted by atomic mass is 10.1. The zero-order chi connectivity index (χ0) is 17.4. The van der Waals surface area contributed by atoms with Crippen LogP contribution in [0, 0.1) is 6.92 Å². The summed E-state index contributed by atoms with van der Waals surface area (Å²) in [5.41, 5.74) is 1.08. The van der Waals surface area contributed by atoms with Crippen LogP contribution < -0.4 is 5.32 Å². The van der Waals surface area contributed by atoms with E-state index in [1.807, 2.05) is 24.0 Å². The van der Waals surface area contributed by atoms with Gasteiger partial charge in [-0.25, -0.2) is 0 Å². The first kappa shape index (κ1) is 16.5. The Bertz CT molecular complexity index is 804. The number of fused-ring (bicyclic) bond motifs is 1. The summed E-state index contributed by atoms with van der Waals surface area (Å²) in [6.07, 6.45) is 2.23. The van der Waals surface area contributed by atoms with E-state index in [1.165, 1.54) is 10.1 Å². The molecule has 132 valence electrons. The van der Waals surface area contributed by atoms with Gasteiger partial charge in [-0.05, 0) is 36.8 Å². The summed E-state index contributed by atoms with van der Waals surface area (Å²) in [7, 11) is 0. The van der Waals surface area contributed by atoms with Gasteiger partial charge in [0.15, 0.2) is 0 Å². The minimum Gasteiger partial charge on any atom is -0.352 e. The fraction of sp³-hybridized carbons (Fsp3) is 0.474. The van der Waals surface area contributed by atoms with Crippen molar-refractivity contribution in [1.29, 1.82) is 0 Å². The maximum Gasteiger partial charge on any atom is 0.264 e. The van der Waals surface area contributed by atoms with E-state index in [2.05, 4.69) is 22.3 Å². The Morgan fingerprint density at radius 2 is 1.88 bits per heavy atom. The number of nitrogens with one attached hydrogen (secondary N) is 1. The number of rotatable bonds is 4. The largest absolute Gasteiger partial charge is 0.352 e. The molecule has 5 nitrogen and oxygen atoms in total. The Morgan fingerprint density at radius 1 is 1.16 bits per heavy atom. The average molecular weight is 357 g/mol.